The zero-order valence-electron chi connectivity index (χ0n) is 15.0. The molecule has 2 heterocycles. The highest BCUT2D eigenvalue weighted by Crippen LogP contribution is 2.36. The summed E-state index contributed by atoms with van der Waals surface area (Å²) in [6.45, 7) is 1.65. The fourth-order valence-electron chi connectivity index (χ4n) is 3.50. The van der Waals surface area contributed by atoms with E-state index in [1.807, 2.05) is 0 Å². The predicted molar refractivity (Wildman–Crippen MR) is 98.6 cm³/mol. The molecule has 5 nitrogen and oxygen atoms in total. The second-order valence-corrected chi connectivity index (χ2v) is 6.44. The van der Waals surface area contributed by atoms with E-state index < -0.39 is 23.2 Å². The third kappa shape index (κ3) is 2.98. The second kappa shape index (κ2) is 6.54. The molecule has 4 aromatic rings. The second-order valence-electron chi connectivity index (χ2n) is 6.44. The molecule has 0 bridgehead atoms. The van der Waals surface area contributed by atoms with Crippen LogP contribution in [0.4, 0.5) is 17.6 Å². The Morgan fingerprint density at radius 1 is 1.14 bits per heavy atom. The lowest BCUT2D eigenvalue weighted by atomic mass is 9.99. The average Bonchev–Trinajstić information content (AvgIpc) is 2.67. The number of benzene rings is 2. The normalized spacial score (nSPS) is 12.0. The van der Waals surface area contributed by atoms with Crippen LogP contribution in [0.15, 0.2) is 47.7 Å². The van der Waals surface area contributed by atoms with Gasteiger partial charge in [-0.3, -0.25) is 9.36 Å². The molecule has 4 rings (SSSR count). The summed E-state index contributed by atoms with van der Waals surface area (Å²) in [7, 11) is 0. The number of pyridine rings is 1. The average molecular weight is 403 g/mol. The molecule has 0 aliphatic carbocycles. The van der Waals surface area contributed by atoms with Gasteiger partial charge in [-0.05, 0) is 35.6 Å². The highest BCUT2D eigenvalue weighted by Gasteiger charge is 2.36. The van der Waals surface area contributed by atoms with Crippen molar-refractivity contribution in [2.75, 3.05) is 0 Å². The van der Waals surface area contributed by atoms with Crippen LogP contribution >= 0.6 is 0 Å². The van der Waals surface area contributed by atoms with E-state index in [9.17, 15) is 27.5 Å². The van der Waals surface area contributed by atoms with Crippen LogP contribution in [0.3, 0.4) is 0 Å². The number of phenolic OH excluding ortho intramolecular Hbond substituents is 1. The van der Waals surface area contributed by atoms with Crippen LogP contribution in [0.5, 0.6) is 5.75 Å². The Hall–Kier alpha value is -3.49. The lowest BCUT2D eigenvalue weighted by molar-refractivity contribution is -0.142. The Bertz CT molecular complexity index is 1330. The summed E-state index contributed by atoms with van der Waals surface area (Å²) < 4.78 is 56.4. The van der Waals surface area contributed by atoms with Crippen molar-refractivity contribution in [1.29, 1.82) is 0 Å². The zero-order valence-corrected chi connectivity index (χ0v) is 15.0. The van der Waals surface area contributed by atoms with Crippen molar-refractivity contribution < 1.29 is 22.7 Å². The van der Waals surface area contributed by atoms with Gasteiger partial charge in [-0.25, -0.2) is 14.4 Å². The van der Waals surface area contributed by atoms with Gasteiger partial charge in [-0.2, -0.15) is 13.2 Å². The third-order valence-electron chi connectivity index (χ3n) is 4.70. The summed E-state index contributed by atoms with van der Waals surface area (Å²) in [6.07, 6.45) is -2.56. The van der Waals surface area contributed by atoms with Crippen LogP contribution in [0.25, 0.3) is 27.4 Å². The Balaban J connectivity index is 2.27. The molecule has 0 unspecified atom stereocenters. The first kappa shape index (κ1) is 18.9. The molecule has 0 amide bonds. The molecule has 0 fully saturated rings. The molecule has 0 spiro atoms. The summed E-state index contributed by atoms with van der Waals surface area (Å²) in [5, 5.41) is 10.4. The van der Waals surface area contributed by atoms with E-state index in [-0.39, 0.29) is 39.7 Å². The molecule has 0 saturated heterocycles. The molecule has 2 aromatic carbocycles. The Kier molecular flexibility index (Phi) is 4.25. The van der Waals surface area contributed by atoms with Crippen molar-refractivity contribution in [3.8, 4) is 11.4 Å². The molecular weight excluding hydrogens is 390 g/mol. The van der Waals surface area contributed by atoms with Crippen LogP contribution in [0, 0.1) is 5.82 Å². The van der Waals surface area contributed by atoms with Gasteiger partial charge in [0.05, 0.1) is 5.69 Å². The number of phenols is 1. The standard InChI is InChI=1S/C20H13F4N3O2/c1-2-13-14(21)4-3-10-5-12(28)7-15(17(10)13)27-16(20(22,23)24)6-11-8-25-9-26-18(11)19(27)29/h3-9,28H,2H2,1H3. The van der Waals surface area contributed by atoms with Crippen LogP contribution in [0.1, 0.15) is 18.2 Å². The number of hydrogen-bond acceptors (Lipinski definition) is 4. The third-order valence-corrected chi connectivity index (χ3v) is 4.70. The van der Waals surface area contributed by atoms with Crippen molar-refractivity contribution in [1.82, 2.24) is 14.5 Å². The SMILES string of the molecule is CCc1c(F)ccc2cc(O)cc(-n3c(C(F)(F)F)cc4cncnc4c3=O)c12. The largest absolute Gasteiger partial charge is 0.508 e. The number of hydrogen-bond donors (Lipinski definition) is 1. The van der Waals surface area contributed by atoms with Crippen molar-refractivity contribution in [3.63, 3.8) is 0 Å². The van der Waals surface area contributed by atoms with E-state index in [1.165, 1.54) is 18.2 Å². The number of alkyl halides is 3. The maximum absolute atomic E-state index is 14.4. The van der Waals surface area contributed by atoms with Gasteiger partial charge in [0.1, 0.15) is 29.1 Å². The Morgan fingerprint density at radius 2 is 1.90 bits per heavy atom. The van der Waals surface area contributed by atoms with Crippen molar-refractivity contribution >= 4 is 21.7 Å². The van der Waals surface area contributed by atoms with Gasteiger partial charge in [0.25, 0.3) is 5.56 Å². The number of fused-ring (bicyclic) bond motifs is 2. The fourth-order valence-corrected chi connectivity index (χ4v) is 3.50. The number of nitrogens with zero attached hydrogens (tertiary/aromatic N) is 3. The highest BCUT2D eigenvalue weighted by molar-refractivity contribution is 5.95. The molecule has 0 aliphatic rings. The monoisotopic (exact) mass is 403 g/mol. The van der Waals surface area contributed by atoms with Gasteiger partial charge in [-0.1, -0.05) is 13.0 Å². The van der Waals surface area contributed by atoms with E-state index in [2.05, 4.69) is 9.97 Å². The highest BCUT2D eigenvalue weighted by atomic mass is 19.4. The Labute approximate surface area is 160 Å². The Morgan fingerprint density at radius 3 is 2.59 bits per heavy atom. The van der Waals surface area contributed by atoms with E-state index in [4.69, 9.17) is 0 Å². The minimum Gasteiger partial charge on any atom is -0.508 e. The first-order valence-corrected chi connectivity index (χ1v) is 8.59. The molecular formula is C20H13F4N3O2. The first-order valence-electron chi connectivity index (χ1n) is 8.59. The number of aromatic hydroxyl groups is 1. The maximum Gasteiger partial charge on any atom is 0.431 e. The molecule has 0 atom stereocenters. The minimum absolute atomic E-state index is 0.0765. The van der Waals surface area contributed by atoms with Crippen LogP contribution < -0.4 is 5.56 Å². The van der Waals surface area contributed by atoms with Gasteiger partial charge in [-0.15, -0.1) is 0 Å². The molecule has 29 heavy (non-hydrogen) atoms. The molecule has 0 aliphatic heterocycles. The van der Waals surface area contributed by atoms with E-state index in [0.29, 0.717) is 9.95 Å². The topological polar surface area (TPSA) is 68.0 Å². The maximum atomic E-state index is 14.4. The number of aryl methyl sites for hydroxylation is 1. The molecule has 0 saturated carbocycles. The van der Waals surface area contributed by atoms with E-state index in [0.717, 1.165) is 24.7 Å². The van der Waals surface area contributed by atoms with E-state index >= 15 is 0 Å². The summed E-state index contributed by atoms with van der Waals surface area (Å²) in [4.78, 5) is 20.5. The number of aromatic nitrogens is 3. The van der Waals surface area contributed by atoms with Crippen LogP contribution in [-0.4, -0.2) is 19.6 Å². The summed E-state index contributed by atoms with van der Waals surface area (Å²) >= 11 is 0. The van der Waals surface area contributed by atoms with Gasteiger partial charge < -0.3 is 5.11 Å². The van der Waals surface area contributed by atoms with Gasteiger partial charge in [0, 0.05) is 23.0 Å². The first-order chi connectivity index (χ1) is 13.7. The summed E-state index contributed by atoms with van der Waals surface area (Å²) in [5.41, 5.74) is -2.67. The number of halogens is 4. The zero-order chi connectivity index (χ0) is 20.9. The van der Waals surface area contributed by atoms with Crippen molar-refractivity contribution in [2.24, 2.45) is 0 Å². The summed E-state index contributed by atoms with van der Waals surface area (Å²) in [6, 6.07) is 5.60. The van der Waals surface area contributed by atoms with Gasteiger partial charge in [0.2, 0.25) is 0 Å². The van der Waals surface area contributed by atoms with Crippen LogP contribution in [-0.2, 0) is 12.6 Å². The quantitative estimate of drug-likeness (QED) is 0.505. The molecule has 1 N–H and O–H groups in total. The van der Waals surface area contributed by atoms with E-state index in [1.54, 1.807) is 6.92 Å². The van der Waals surface area contributed by atoms with Crippen molar-refractivity contribution in [3.05, 3.63) is 70.3 Å². The predicted octanol–water partition coefficient (Wildman–Crippen LogP) is 4.36. The summed E-state index contributed by atoms with van der Waals surface area (Å²) in [5.74, 6) is -0.972. The number of rotatable bonds is 2. The van der Waals surface area contributed by atoms with Crippen LogP contribution in [0.2, 0.25) is 0 Å². The van der Waals surface area contributed by atoms with Gasteiger partial charge in [0.15, 0.2) is 0 Å². The molecule has 9 heteroatoms. The molecule has 2 aromatic heterocycles. The van der Waals surface area contributed by atoms with Gasteiger partial charge >= 0.3 is 6.18 Å². The van der Waals surface area contributed by atoms with Crippen molar-refractivity contribution in [2.45, 2.75) is 19.5 Å². The minimum atomic E-state index is -4.90. The smallest absolute Gasteiger partial charge is 0.431 e. The molecule has 148 valence electrons. The lowest BCUT2D eigenvalue weighted by Gasteiger charge is -2.19. The molecule has 0 radical (unpaired) electrons. The fraction of sp³-hybridized carbons (Fsp3) is 0.150. The lowest BCUT2D eigenvalue weighted by Crippen LogP contribution is -2.27.